The van der Waals surface area contributed by atoms with Crippen LogP contribution in [-0.2, 0) is 11.2 Å². The summed E-state index contributed by atoms with van der Waals surface area (Å²) in [7, 11) is 0. The number of hydrogen-bond acceptors (Lipinski definition) is 3. The molecule has 0 radical (unpaired) electrons. The number of nitrogens with zero attached hydrogens (tertiary/aromatic N) is 3. The maximum Gasteiger partial charge on any atom is 0.309 e. The molecule has 6 heteroatoms. The SMILES string of the molecule is Cc1nnn(-c2ccccc2F)c1CC(=O)O. The lowest BCUT2D eigenvalue weighted by Gasteiger charge is -2.05. The molecule has 0 atom stereocenters. The highest BCUT2D eigenvalue weighted by atomic mass is 19.1. The quantitative estimate of drug-likeness (QED) is 0.871. The van der Waals surface area contributed by atoms with E-state index in [-0.39, 0.29) is 12.1 Å². The van der Waals surface area contributed by atoms with Gasteiger partial charge in [-0.15, -0.1) is 5.10 Å². The minimum atomic E-state index is -1.01. The molecule has 1 N–H and O–H groups in total. The number of rotatable bonds is 3. The van der Waals surface area contributed by atoms with Gasteiger partial charge in [0.2, 0.25) is 0 Å². The number of benzene rings is 1. The molecule has 0 spiro atoms. The number of halogens is 1. The van der Waals surface area contributed by atoms with Crippen LogP contribution in [0.3, 0.4) is 0 Å². The largest absolute Gasteiger partial charge is 0.481 e. The van der Waals surface area contributed by atoms with Crippen molar-refractivity contribution in [2.75, 3.05) is 0 Å². The molecule has 0 aliphatic heterocycles. The highest BCUT2D eigenvalue weighted by molar-refractivity contribution is 5.70. The van der Waals surface area contributed by atoms with Crippen molar-refractivity contribution in [2.45, 2.75) is 13.3 Å². The zero-order valence-corrected chi connectivity index (χ0v) is 9.09. The maximum atomic E-state index is 13.6. The Bertz CT molecular complexity index is 566. The summed E-state index contributed by atoms with van der Waals surface area (Å²) in [5, 5.41) is 16.3. The lowest BCUT2D eigenvalue weighted by Crippen LogP contribution is -2.10. The zero-order valence-electron chi connectivity index (χ0n) is 9.09. The second-order valence-electron chi connectivity index (χ2n) is 3.56. The van der Waals surface area contributed by atoms with Crippen LogP contribution in [0.2, 0.25) is 0 Å². The molecule has 0 amide bonds. The van der Waals surface area contributed by atoms with Gasteiger partial charge in [-0.25, -0.2) is 9.07 Å². The van der Waals surface area contributed by atoms with Crippen molar-refractivity contribution in [1.82, 2.24) is 15.0 Å². The molecule has 2 rings (SSSR count). The van der Waals surface area contributed by atoms with E-state index in [9.17, 15) is 9.18 Å². The Kier molecular flexibility index (Phi) is 2.86. The minimum Gasteiger partial charge on any atom is -0.481 e. The van der Waals surface area contributed by atoms with E-state index in [0.29, 0.717) is 11.4 Å². The molecule has 1 aromatic carbocycles. The van der Waals surface area contributed by atoms with Crippen LogP contribution in [0.4, 0.5) is 4.39 Å². The Morgan fingerprint density at radius 2 is 2.18 bits per heavy atom. The van der Waals surface area contributed by atoms with Gasteiger partial charge in [-0.2, -0.15) is 0 Å². The highest BCUT2D eigenvalue weighted by Crippen LogP contribution is 2.16. The average molecular weight is 235 g/mol. The normalized spacial score (nSPS) is 10.5. The Labute approximate surface area is 96.5 Å². The van der Waals surface area contributed by atoms with E-state index >= 15 is 0 Å². The van der Waals surface area contributed by atoms with E-state index in [2.05, 4.69) is 10.3 Å². The van der Waals surface area contributed by atoms with E-state index in [1.165, 1.54) is 16.8 Å². The maximum absolute atomic E-state index is 13.6. The molecule has 0 unspecified atom stereocenters. The molecule has 88 valence electrons. The molecule has 0 saturated carbocycles. The fourth-order valence-corrected chi connectivity index (χ4v) is 1.54. The summed E-state index contributed by atoms with van der Waals surface area (Å²) in [6.45, 7) is 1.64. The minimum absolute atomic E-state index is 0.198. The number of aromatic nitrogens is 3. The molecule has 1 aromatic heterocycles. The Morgan fingerprint density at radius 3 is 2.82 bits per heavy atom. The molecule has 0 fully saturated rings. The lowest BCUT2D eigenvalue weighted by molar-refractivity contribution is -0.136. The summed E-state index contributed by atoms with van der Waals surface area (Å²) < 4.78 is 14.8. The summed E-state index contributed by atoms with van der Waals surface area (Å²) in [4.78, 5) is 10.7. The Hall–Kier alpha value is -2.24. The molecule has 0 bridgehead atoms. The summed E-state index contributed by atoms with van der Waals surface area (Å²) >= 11 is 0. The third-order valence-corrected chi connectivity index (χ3v) is 2.36. The van der Waals surface area contributed by atoms with E-state index in [1.807, 2.05) is 0 Å². The molecule has 5 nitrogen and oxygen atoms in total. The first kappa shape index (κ1) is 11.3. The number of carbonyl (C=O) groups is 1. The number of aliphatic carboxylic acids is 1. The first-order chi connectivity index (χ1) is 8.09. The van der Waals surface area contributed by atoms with Crippen molar-refractivity contribution in [3.05, 3.63) is 41.5 Å². The van der Waals surface area contributed by atoms with Gasteiger partial charge < -0.3 is 5.11 Å². The number of aryl methyl sites for hydroxylation is 1. The van der Waals surface area contributed by atoms with Crippen LogP contribution in [0.15, 0.2) is 24.3 Å². The fraction of sp³-hybridized carbons (Fsp3) is 0.182. The van der Waals surface area contributed by atoms with Crippen molar-refractivity contribution >= 4 is 5.97 Å². The number of para-hydroxylation sites is 1. The third kappa shape index (κ3) is 2.15. The van der Waals surface area contributed by atoms with Crippen molar-refractivity contribution < 1.29 is 14.3 Å². The van der Waals surface area contributed by atoms with E-state index < -0.39 is 11.8 Å². The third-order valence-electron chi connectivity index (χ3n) is 2.36. The summed E-state index contributed by atoms with van der Waals surface area (Å²) in [5.74, 6) is -1.47. The van der Waals surface area contributed by atoms with Crippen molar-refractivity contribution in [3.63, 3.8) is 0 Å². The van der Waals surface area contributed by atoms with Gasteiger partial charge in [-0.1, -0.05) is 17.3 Å². The predicted molar refractivity (Wildman–Crippen MR) is 57.4 cm³/mol. The second kappa shape index (κ2) is 4.32. The van der Waals surface area contributed by atoms with Crippen LogP contribution in [0.25, 0.3) is 5.69 Å². The summed E-state index contributed by atoms with van der Waals surface area (Å²) in [5.41, 5.74) is 1.06. The van der Waals surface area contributed by atoms with Gasteiger partial charge in [0.25, 0.3) is 0 Å². The zero-order chi connectivity index (χ0) is 12.4. The molecule has 2 aromatic rings. The first-order valence-corrected chi connectivity index (χ1v) is 4.97. The van der Waals surface area contributed by atoms with Crippen LogP contribution >= 0.6 is 0 Å². The summed E-state index contributed by atoms with van der Waals surface area (Å²) in [6, 6.07) is 6.02. The number of carboxylic acid groups (broad SMARTS) is 1. The molecule has 0 aliphatic rings. The molecule has 1 heterocycles. The van der Waals surface area contributed by atoms with Crippen LogP contribution in [0, 0.1) is 12.7 Å². The summed E-state index contributed by atoms with van der Waals surface area (Å²) in [6.07, 6.45) is -0.243. The van der Waals surface area contributed by atoms with Crippen LogP contribution in [0.1, 0.15) is 11.4 Å². The Balaban J connectivity index is 2.53. The average Bonchev–Trinajstić information content (AvgIpc) is 2.61. The molecule has 0 saturated heterocycles. The standard InChI is InChI=1S/C11H10FN3O2/c1-7-10(6-11(16)17)15(14-13-7)9-5-3-2-4-8(9)12/h2-5H,6H2,1H3,(H,16,17). The second-order valence-corrected chi connectivity index (χ2v) is 3.56. The smallest absolute Gasteiger partial charge is 0.309 e. The number of carboxylic acids is 1. The lowest BCUT2D eigenvalue weighted by atomic mass is 10.2. The first-order valence-electron chi connectivity index (χ1n) is 4.97. The van der Waals surface area contributed by atoms with Gasteiger partial charge in [0, 0.05) is 0 Å². The topological polar surface area (TPSA) is 68.0 Å². The van der Waals surface area contributed by atoms with E-state index in [4.69, 9.17) is 5.11 Å². The van der Waals surface area contributed by atoms with E-state index in [0.717, 1.165) is 0 Å². The van der Waals surface area contributed by atoms with Crippen LogP contribution < -0.4 is 0 Å². The monoisotopic (exact) mass is 235 g/mol. The number of hydrogen-bond donors (Lipinski definition) is 1. The van der Waals surface area contributed by atoms with Crippen LogP contribution in [0.5, 0.6) is 0 Å². The van der Waals surface area contributed by atoms with Crippen molar-refractivity contribution in [3.8, 4) is 5.69 Å². The molecule has 17 heavy (non-hydrogen) atoms. The van der Waals surface area contributed by atoms with Gasteiger partial charge in [-0.05, 0) is 19.1 Å². The Morgan fingerprint density at radius 1 is 1.47 bits per heavy atom. The van der Waals surface area contributed by atoms with Crippen LogP contribution in [-0.4, -0.2) is 26.1 Å². The van der Waals surface area contributed by atoms with Crippen molar-refractivity contribution in [2.24, 2.45) is 0 Å². The van der Waals surface area contributed by atoms with E-state index in [1.54, 1.807) is 19.1 Å². The van der Waals surface area contributed by atoms with Gasteiger partial charge in [0.1, 0.15) is 11.5 Å². The highest BCUT2D eigenvalue weighted by Gasteiger charge is 2.16. The van der Waals surface area contributed by atoms with Gasteiger partial charge in [0.15, 0.2) is 0 Å². The molecular weight excluding hydrogens is 225 g/mol. The molecular formula is C11H10FN3O2. The molecule has 0 aliphatic carbocycles. The predicted octanol–water partition coefficient (Wildman–Crippen LogP) is 1.34. The van der Waals surface area contributed by atoms with Gasteiger partial charge in [-0.3, -0.25) is 4.79 Å². The van der Waals surface area contributed by atoms with Gasteiger partial charge in [0.05, 0.1) is 17.8 Å². The van der Waals surface area contributed by atoms with Gasteiger partial charge >= 0.3 is 5.97 Å². The fourth-order valence-electron chi connectivity index (χ4n) is 1.54. The van der Waals surface area contributed by atoms with Crippen molar-refractivity contribution in [1.29, 1.82) is 0 Å².